The van der Waals surface area contributed by atoms with Crippen LogP contribution in [0.15, 0.2) is 11.5 Å². The van der Waals surface area contributed by atoms with Crippen LogP contribution in [0.5, 0.6) is 0 Å². The van der Waals surface area contributed by atoms with Gasteiger partial charge in [-0.3, -0.25) is 4.79 Å². The van der Waals surface area contributed by atoms with Gasteiger partial charge in [-0.1, -0.05) is 48.1 Å². The summed E-state index contributed by atoms with van der Waals surface area (Å²) in [5, 5.41) is 9.34. The van der Waals surface area contributed by atoms with Gasteiger partial charge in [0.05, 0.1) is 13.2 Å². The fourth-order valence-corrected chi connectivity index (χ4v) is 0.976. The van der Waals surface area contributed by atoms with Crippen molar-refractivity contribution in [1.29, 1.82) is 0 Å². The normalized spacial score (nSPS) is 12.7. The summed E-state index contributed by atoms with van der Waals surface area (Å²) in [6.07, 6.45) is 1.49. The van der Waals surface area contributed by atoms with Gasteiger partial charge in [-0.05, 0) is 6.42 Å². The fourth-order valence-electron chi connectivity index (χ4n) is 0.707. The van der Waals surface area contributed by atoms with Crippen molar-refractivity contribution in [1.82, 2.24) is 0 Å². The Morgan fingerprint density at radius 1 is 1.50 bits per heavy atom. The van der Waals surface area contributed by atoms with E-state index < -0.39 is 21.2 Å². The number of unbranched alkanes of at least 4 members (excludes halogenated alkanes) is 1. The van der Waals surface area contributed by atoms with E-state index in [0.29, 0.717) is 6.42 Å². The number of carbonyl (C=O) groups excluding carboxylic acids is 1. The number of alkyl halides is 3. The fraction of sp³-hybridized carbons (Fsp3) is 0.556. The highest BCUT2D eigenvalue weighted by Crippen LogP contribution is 2.35. The first kappa shape index (κ1) is 15.4. The Bertz CT molecular complexity index is 328. The quantitative estimate of drug-likeness (QED) is 0.215. The molecule has 0 aliphatic carbocycles. The van der Waals surface area contributed by atoms with Crippen LogP contribution in [0.1, 0.15) is 19.8 Å². The molecule has 0 fully saturated rings. The lowest BCUT2D eigenvalue weighted by Gasteiger charge is -2.11. The topological polar surface area (TPSA) is 50.9 Å². The third kappa shape index (κ3) is 4.93. The SMILES string of the molecule is [C-]#[N+]C(C(=O)OCCCC)=C(O)C(Cl)(Cl)Cl. The molecule has 0 aromatic rings. The van der Waals surface area contributed by atoms with Gasteiger partial charge in [-0.2, -0.15) is 0 Å². The second kappa shape index (κ2) is 6.85. The number of allylic oxidation sites excluding steroid dienone is 1. The molecule has 0 unspecified atom stereocenters. The number of esters is 1. The molecule has 0 aromatic carbocycles. The van der Waals surface area contributed by atoms with Crippen LogP contribution in [0.4, 0.5) is 0 Å². The van der Waals surface area contributed by atoms with E-state index in [4.69, 9.17) is 46.1 Å². The maximum atomic E-state index is 11.3. The van der Waals surface area contributed by atoms with Crippen molar-refractivity contribution in [2.75, 3.05) is 6.61 Å². The van der Waals surface area contributed by atoms with Crippen molar-refractivity contribution in [3.63, 3.8) is 0 Å². The minimum Gasteiger partial charge on any atom is -0.519 e. The summed E-state index contributed by atoms with van der Waals surface area (Å²) in [5.74, 6) is -1.92. The molecule has 0 spiro atoms. The first-order chi connectivity index (χ1) is 7.34. The van der Waals surface area contributed by atoms with Crippen LogP contribution in [0.3, 0.4) is 0 Å². The van der Waals surface area contributed by atoms with E-state index in [9.17, 15) is 9.90 Å². The maximum absolute atomic E-state index is 11.3. The number of halogens is 3. The van der Waals surface area contributed by atoms with Crippen LogP contribution in [-0.4, -0.2) is 21.5 Å². The van der Waals surface area contributed by atoms with Crippen LogP contribution in [0, 0.1) is 6.57 Å². The van der Waals surface area contributed by atoms with Gasteiger partial charge in [0.1, 0.15) is 0 Å². The molecule has 0 rings (SSSR count). The molecule has 0 radical (unpaired) electrons. The molecule has 0 atom stereocenters. The molecular weight excluding hydrogens is 276 g/mol. The van der Waals surface area contributed by atoms with Crippen LogP contribution < -0.4 is 0 Å². The van der Waals surface area contributed by atoms with E-state index in [0.717, 1.165) is 6.42 Å². The lowest BCUT2D eigenvalue weighted by atomic mass is 10.3. The molecule has 7 heteroatoms. The molecular formula is C9H10Cl3NO3. The van der Waals surface area contributed by atoms with E-state index in [1.165, 1.54) is 0 Å². The highest BCUT2D eigenvalue weighted by atomic mass is 35.6. The monoisotopic (exact) mass is 285 g/mol. The van der Waals surface area contributed by atoms with Gasteiger partial charge in [0.2, 0.25) is 3.79 Å². The van der Waals surface area contributed by atoms with Crippen molar-refractivity contribution in [2.24, 2.45) is 0 Å². The van der Waals surface area contributed by atoms with E-state index >= 15 is 0 Å². The van der Waals surface area contributed by atoms with E-state index in [1.54, 1.807) is 0 Å². The Labute approximate surface area is 109 Å². The highest BCUT2D eigenvalue weighted by Gasteiger charge is 2.32. The minimum absolute atomic E-state index is 0.154. The zero-order chi connectivity index (χ0) is 12.8. The molecule has 0 aliphatic heterocycles. The van der Waals surface area contributed by atoms with Gasteiger partial charge in [0.25, 0.3) is 0 Å². The number of ether oxygens (including phenoxy) is 1. The summed E-state index contributed by atoms with van der Waals surface area (Å²) < 4.78 is 2.50. The maximum Gasteiger partial charge on any atom is 0.340 e. The van der Waals surface area contributed by atoms with E-state index in [1.807, 2.05) is 6.92 Å². The summed E-state index contributed by atoms with van der Waals surface area (Å²) >= 11 is 16.0. The third-order valence-corrected chi connectivity index (χ3v) is 2.07. The average Bonchev–Trinajstić information content (AvgIpc) is 2.17. The van der Waals surface area contributed by atoms with Gasteiger partial charge >= 0.3 is 11.7 Å². The van der Waals surface area contributed by atoms with Crippen molar-refractivity contribution in [3.05, 3.63) is 22.9 Å². The largest absolute Gasteiger partial charge is 0.519 e. The van der Waals surface area contributed by atoms with Crippen LogP contribution in [-0.2, 0) is 9.53 Å². The Hall–Kier alpha value is -0.630. The number of hydrogen-bond donors (Lipinski definition) is 1. The number of nitrogens with zero attached hydrogens (tertiary/aromatic N) is 1. The van der Waals surface area contributed by atoms with E-state index in [-0.39, 0.29) is 6.61 Å². The number of carbonyl (C=O) groups is 1. The van der Waals surface area contributed by atoms with Crippen molar-refractivity contribution in [3.8, 4) is 0 Å². The van der Waals surface area contributed by atoms with E-state index in [2.05, 4.69) is 4.85 Å². The number of hydrogen-bond acceptors (Lipinski definition) is 3. The van der Waals surface area contributed by atoms with Gasteiger partial charge in [0.15, 0.2) is 5.76 Å². The molecule has 16 heavy (non-hydrogen) atoms. The van der Waals surface area contributed by atoms with Crippen molar-refractivity contribution < 1.29 is 14.6 Å². The standard InChI is InChI=1S/C9H10Cl3NO3/c1-3-4-5-16-8(15)6(13-2)7(14)9(10,11)12/h14H,3-5H2,1H3. The molecule has 0 saturated carbocycles. The summed E-state index contributed by atoms with van der Waals surface area (Å²) in [6.45, 7) is 8.78. The third-order valence-electron chi connectivity index (χ3n) is 1.53. The smallest absolute Gasteiger partial charge is 0.340 e. The molecule has 1 N–H and O–H groups in total. The number of aliphatic hydroxyl groups excluding tert-OH is 1. The summed E-state index contributed by atoms with van der Waals surface area (Å²) in [4.78, 5) is 14.1. The van der Waals surface area contributed by atoms with Gasteiger partial charge < -0.3 is 9.84 Å². The number of aliphatic hydroxyl groups is 1. The molecule has 90 valence electrons. The first-order valence-electron chi connectivity index (χ1n) is 4.39. The Morgan fingerprint density at radius 3 is 2.44 bits per heavy atom. The van der Waals surface area contributed by atoms with Crippen molar-refractivity contribution >= 4 is 40.8 Å². The Kier molecular flexibility index (Phi) is 6.58. The summed E-state index contributed by atoms with van der Waals surface area (Å²) in [7, 11) is 0. The van der Waals surface area contributed by atoms with Crippen molar-refractivity contribution in [2.45, 2.75) is 23.6 Å². The van der Waals surface area contributed by atoms with Crippen LogP contribution in [0.25, 0.3) is 4.85 Å². The van der Waals surface area contributed by atoms with Crippen LogP contribution >= 0.6 is 34.8 Å². The lowest BCUT2D eigenvalue weighted by molar-refractivity contribution is -0.139. The predicted octanol–water partition coefficient (Wildman–Crippen LogP) is 3.39. The summed E-state index contributed by atoms with van der Waals surface area (Å²) in [6, 6.07) is 0. The molecule has 0 amide bonds. The second-order valence-corrected chi connectivity index (χ2v) is 5.08. The first-order valence-corrected chi connectivity index (χ1v) is 5.53. The molecule has 0 aromatic heterocycles. The molecule has 0 heterocycles. The summed E-state index contributed by atoms with van der Waals surface area (Å²) in [5.41, 5.74) is -0.712. The van der Waals surface area contributed by atoms with Crippen LogP contribution in [0.2, 0.25) is 0 Å². The van der Waals surface area contributed by atoms with Gasteiger partial charge in [-0.15, -0.1) is 0 Å². The van der Waals surface area contributed by atoms with Gasteiger partial charge in [0, 0.05) is 0 Å². The second-order valence-electron chi connectivity index (χ2n) is 2.80. The zero-order valence-electron chi connectivity index (χ0n) is 8.47. The zero-order valence-corrected chi connectivity index (χ0v) is 10.7. The molecule has 4 nitrogen and oxygen atoms in total. The molecule has 0 bridgehead atoms. The van der Waals surface area contributed by atoms with Gasteiger partial charge in [-0.25, -0.2) is 4.85 Å². The minimum atomic E-state index is -2.20. The molecule has 0 aliphatic rings. The number of rotatable bonds is 4. The average molecular weight is 287 g/mol. The molecule has 0 saturated heterocycles. The lowest BCUT2D eigenvalue weighted by Crippen LogP contribution is -2.15. The Morgan fingerprint density at radius 2 is 2.06 bits per heavy atom. The predicted molar refractivity (Wildman–Crippen MR) is 62.4 cm³/mol. The Balaban J connectivity index is 4.76. The highest BCUT2D eigenvalue weighted by molar-refractivity contribution is 6.69.